The van der Waals surface area contributed by atoms with Crippen LogP contribution >= 0.6 is 0 Å². The van der Waals surface area contributed by atoms with Crippen LogP contribution in [0.15, 0.2) is 48.8 Å². The number of nitrogens with zero attached hydrogens (tertiary/aromatic N) is 3. The Bertz CT molecular complexity index is 978. The van der Waals surface area contributed by atoms with Crippen LogP contribution in [0.3, 0.4) is 0 Å². The molecule has 2 aromatic heterocycles. The Kier molecular flexibility index (Phi) is 4.14. The van der Waals surface area contributed by atoms with Crippen LogP contribution in [0.4, 0.5) is 0 Å². The Morgan fingerprint density at radius 3 is 2.80 bits per heavy atom. The van der Waals surface area contributed by atoms with E-state index in [0.717, 1.165) is 39.3 Å². The predicted molar refractivity (Wildman–Crippen MR) is 94.3 cm³/mol. The van der Waals surface area contributed by atoms with E-state index >= 15 is 0 Å². The number of benzene rings is 2. The fourth-order valence-corrected chi connectivity index (χ4v) is 2.70. The van der Waals surface area contributed by atoms with Crippen molar-refractivity contribution in [2.24, 2.45) is 0 Å². The van der Waals surface area contributed by atoms with Gasteiger partial charge in [-0.25, -0.2) is 4.98 Å². The number of methoxy groups -OCH3 is 1. The highest BCUT2D eigenvalue weighted by molar-refractivity contribution is 5.95. The van der Waals surface area contributed by atoms with Gasteiger partial charge in [0, 0.05) is 23.6 Å². The predicted octanol–water partition coefficient (Wildman–Crippen LogP) is 3.04. The molecule has 25 heavy (non-hydrogen) atoms. The standard InChI is InChI=1S/C18H17N5O2/c1-24-7-8-25-14-4-2-3-12(9-14)17-15-10-13(18-19-11-20-23-18)5-6-16(15)21-22-17/h2-6,9-11H,7-8H2,1H3,(H,21,22)(H,19,20,23). The van der Waals surface area contributed by atoms with Crippen molar-refractivity contribution in [1.29, 1.82) is 0 Å². The van der Waals surface area contributed by atoms with E-state index in [0.29, 0.717) is 13.2 Å². The molecule has 0 fully saturated rings. The lowest BCUT2D eigenvalue weighted by atomic mass is 10.1. The van der Waals surface area contributed by atoms with Crippen molar-refractivity contribution in [1.82, 2.24) is 25.4 Å². The van der Waals surface area contributed by atoms with Gasteiger partial charge in [0.15, 0.2) is 5.82 Å². The summed E-state index contributed by atoms with van der Waals surface area (Å²) in [7, 11) is 1.65. The first-order chi connectivity index (χ1) is 12.3. The quantitative estimate of drug-likeness (QED) is 0.529. The molecule has 0 unspecified atom stereocenters. The Labute approximate surface area is 144 Å². The number of hydrogen-bond donors (Lipinski definition) is 2. The van der Waals surface area contributed by atoms with E-state index in [4.69, 9.17) is 9.47 Å². The lowest BCUT2D eigenvalue weighted by molar-refractivity contribution is 0.146. The van der Waals surface area contributed by atoms with Crippen LogP contribution in [0.2, 0.25) is 0 Å². The van der Waals surface area contributed by atoms with Gasteiger partial charge in [-0.05, 0) is 30.3 Å². The Balaban J connectivity index is 1.71. The summed E-state index contributed by atoms with van der Waals surface area (Å²) in [4.78, 5) is 4.21. The number of aromatic amines is 2. The van der Waals surface area contributed by atoms with Crippen LogP contribution in [0.25, 0.3) is 33.5 Å². The molecule has 0 saturated heterocycles. The van der Waals surface area contributed by atoms with Crippen molar-refractivity contribution in [3.05, 3.63) is 48.8 Å². The molecule has 0 amide bonds. The largest absolute Gasteiger partial charge is 0.491 e. The molecule has 2 aromatic carbocycles. The third-order valence-corrected chi connectivity index (χ3v) is 3.91. The molecule has 2 heterocycles. The van der Waals surface area contributed by atoms with Crippen molar-refractivity contribution in [2.45, 2.75) is 0 Å². The van der Waals surface area contributed by atoms with Gasteiger partial charge in [-0.15, -0.1) is 0 Å². The van der Waals surface area contributed by atoms with Crippen LogP contribution in [0, 0.1) is 0 Å². The van der Waals surface area contributed by atoms with Gasteiger partial charge in [0.2, 0.25) is 0 Å². The molecule has 4 aromatic rings. The molecule has 7 nitrogen and oxygen atoms in total. The van der Waals surface area contributed by atoms with Gasteiger partial charge in [-0.2, -0.15) is 10.2 Å². The van der Waals surface area contributed by atoms with Gasteiger partial charge in [0.1, 0.15) is 24.4 Å². The maximum absolute atomic E-state index is 5.69. The van der Waals surface area contributed by atoms with Crippen LogP contribution in [-0.4, -0.2) is 45.7 Å². The molecule has 0 radical (unpaired) electrons. The van der Waals surface area contributed by atoms with Crippen molar-refractivity contribution in [3.63, 3.8) is 0 Å². The number of fused-ring (bicyclic) bond motifs is 1. The first kappa shape index (κ1) is 15.3. The average Bonchev–Trinajstić information content (AvgIpc) is 3.31. The number of H-pyrrole nitrogens is 2. The third-order valence-electron chi connectivity index (χ3n) is 3.91. The van der Waals surface area contributed by atoms with E-state index in [1.54, 1.807) is 7.11 Å². The summed E-state index contributed by atoms with van der Waals surface area (Å²) in [6.07, 6.45) is 1.50. The number of rotatable bonds is 6. The highest BCUT2D eigenvalue weighted by atomic mass is 16.5. The molecule has 126 valence electrons. The van der Waals surface area contributed by atoms with E-state index in [2.05, 4.69) is 25.4 Å². The lowest BCUT2D eigenvalue weighted by Crippen LogP contribution is -2.04. The summed E-state index contributed by atoms with van der Waals surface area (Å²) in [5, 5.41) is 15.4. The Morgan fingerprint density at radius 2 is 1.96 bits per heavy atom. The smallest absolute Gasteiger partial charge is 0.155 e. The second-order valence-corrected chi connectivity index (χ2v) is 5.54. The molecular formula is C18H17N5O2. The molecule has 0 spiro atoms. The molecule has 7 heteroatoms. The van der Waals surface area contributed by atoms with E-state index in [-0.39, 0.29) is 0 Å². The lowest BCUT2D eigenvalue weighted by Gasteiger charge is -2.07. The van der Waals surface area contributed by atoms with E-state index in [1.165, 1.54) is 6.33 Å². The van der Waals surface area contributed by atoms with Crippen LogP contribution < -0.4 is 4.74 Å². The second kappa shape index (κ2) is 6.74. The number of aromatic nitrogens is 5. The van der Waals surface area contributed by atoms with Crippen molar-refractivity contribution in [3.8, 4) is 28.4 Å². The summed E-state index contributed by atoms with van der Waals surface area (Å²) in [5.41, 5.74) is 3.77. The molecule has 2 N–H and O–H groups in total. The molecule has 0 saturated carbocycles. The van der Waals surface area contributed by atoms with Gasteiger partial charge in [-0.3, -0.25) is 10.2 Å². The van der Waals surface area contributed by atoms with E-state index < -0.39 is 0 Å². The average molecular weight is 335 g/mol. The Hall–Kier alpha value is -3.19. The molecule has 0 bridgehead atoms. The number of hydrogen-bond acceptors (Lipinski definition) is 5. The van der Waals surface area contributed by atoms with Gasteiger partial charge in [0.25, 0.3) is 0 Å². The van der Waals surface area contributed by atoms with Crippen molar-refractivity contribution >= 4 is 10.9 Å². The first-order valence-electron chi connectivity index (χ1n) is 7.91. The molecule has 4 rings (SSSR count). The molecule has 0 aliphatic rings. The molecule has 0 atom stereocenters. The molecular weight excluding hydrogens is 318 g/mol. The van der Waals surface area contributed by atoms with Crippen molar-refractivity contribution in [2.75, 3.05) is 20.3 Å². The molecule has 0 aliphatic carbocycles. The van der Waals surface area contributed by atoms with Crippen LogP contribution in [0.5, 0.6) is 5.75 Å². The fraction of sp³-hybridized carbons (Fsp3) is 0.167. The van der Waals surface area contributed by atoms with Gasteiger partial charge >= 0.3 is 0 Å². The van der Waals surface area contributed by atoms with Crippen LogP contribution in [0.1, 0.15) is 0 Å². The van der Waals surface area contributed by atoms with Gasteiger partial charge < -0.3 is 9.47 Å². The van der Waals surface area contributed by atoms with E-state index in [1.807, 2.05) is 42.5 Å². The van der Waals surface area contributed by atoms with E-state index in [9.17, 15) is 0 Å². The minimum atomic E-state index is 0.511. The first-order valence-corrected chi connectivity index (χ1v) is 7.91. The summed E-state index contributed by atoms with van der Waals surface area (Å²) in [6.45, 7) is 1.06. The number of nitrogens with one attached hydrogen (secondary N) is 2. The van der Waals surface area contributed by atoms with Gasteiger partial charge in [0.05, 0.1) is 12.1 Å². The zero-order chi connectivity index (χ0) is 17.1. The summed E-state index contributed by atoms with van der Waals surface area (Å²) in [5.74, 6) is 1.52. The maximum Gasteiger partial charge on any atom is 0.155 e. The zero-order valence-electron chi connectivity index (χ0n) is 13.7. The van der Waals surface area contributed by atoms with Crippen LogP contribution in [-0.2, 0) is 4.74 Å². The second-order valence-electron chi connectivity index (χ2n) is 5.54. The highest BCUT2D eigenvalue weighted by Gasteiger charge is 2.11. The monoisotopic (exact) mass is 335 g/mol. The molecule has 0 aliphatic heterocycles. The van der Waals surface area contributed by atoms with Gasteiger partial charge in [-0.1, -0.05) is 12.1 Å². The normalized spacial score (nSPS) is 11.1. The minimum absolute atomic E-state index is 0.511. The summed E-state index contributed by atoms with van der Waals surface area (Å²) >= 11 is 0. The topological polar surface area (TPSA) is 88.7 Å². The van der Waals surface area contributed by atoms with Crippen molar-refractivity contribution < 1.29 is 9.47 Å². The maximum atomic E-state index is 5.69. The Morgan fingerprint density at radius 1 is 1.00 bits per heavy atom. The fourth-order valence-electron chi connectivity index (χ4n) is 2.70. The third kappa shape index (κ3) is 3.09. The highest BCUT2D eigenvalue weighted by Crippen LogP contribution is 2.31. The summed E-state index contributed by atoms with van der Waals surface area (Å²) < 4.78 is 10.7. The number of ether oxygens (including phenoxy) is 2. The minimum Gasteiger partial charge on any atom is -0.491 e. The SMILES string of the molecule is COCCOc1cccc(-c2n[nH]c3ccc(-c4ncn[nH]4)cc23)c1. The zero-order valence-corrected chi connectivity index (χ0v) is 13.7. The summed E-state index contributed by atoms with van der Waals surface area (Å²) in [6, 6.07) is 13.9.